The number of hydrogen-bond acceptors (Lipinski definition) is 2. The van der Waals surface area contributed by atoms with Crippen LogP contribution in [0.15, 0.2) is 12.3 Å². The second-order valence-corrected chi connectivity index (χ2v) is 7.34. The van der Waals surface area contributed by atoms with Gasteiger partial charge in [0.15, 0.2) is 0 Å². The topological polar surface area (TPSA) is 29.9 Å². The maximum atomic E-state index is 4.87. The third-order valence-corrected chi connectivity index (χ3v) is 5.79. The zero-order valence-corrected chi connectivity index (χ0v) is 13.7. The molecule has 1 aromatic rings. The van der Waals surface area contributed by atoms with Gasteiger partial charge in [0.05, 0.1) is 11.7 Å². The van der Waals surface area contributed by atoms with Crippen LogP contribution in [0.5, 0.6) is 0 Å². The molecule has 0 aromatic carbocycles. The van der Waals surface area contributed by atoms with E-state index < -0.39 is 0 Å². The monoisotopic (exact) mass is 289 g/mol. The number of nitrogens with one attached hydrogen (secondary N) is 1. The highest BCUT2D eigenvalue weighted by Crippen LogP contribution is 2.32. The van der Waals surface area contributed by atoms with E-state index in [1.807, 2.05) is 0 Å². The van der Waals surface area contributed by atoms with Crippen molar-refractivity contribution in [1.29, 1.82) is 0 Å². The van der Waals surface area contributed by atoms with Crippen LogP contribution < -0.4 is 5.32 Å². The fourth-order valence-electron chi connectivity index (χ4n) is 4.28. The van der Waals surface area contributed by atoms with Crippen LogP contribution in [0.1, 0.15) is 70.0 Å². The van der Waals surface area contributed by atoms with Crippen LogP contribution >= 0.6 is 0 Å². The van der Waals surface area contributed by atoms with Crippen LogP contribution in [0, 0.1) is 11.8 Å². The van der Waals surface area contributed by atoms with E-state index in [0.29, 0.717) is 12.1 Å². The summed E-state index contributed by atoms with van der Waals surface area (Å²) >= 11 is 0. The van der Waals surface area contributed by atoms with Gasteiger partial charge >= 0.3 is 0 Å². The van der Waals surface area contributed by atoms with Crippen LogP contribution in [0.25, 0.3) is 0 Å². The first-order valence-corrected chi connectivity index (χ1v) is 8.97. The Bertz CT molecular complexity index is 425. The Balaban J connectivity index is 1.58. The molecule has 0 bridgehead atoms. The highest BCUT2D eigenvalue weighted by atomic mass is 15.3. The molecule has 3 heteroatoms. The molecule has 1 aromatic heterocycles. The van der Waals surface area contributed by atoms with Crippen molar-refractivity contribution in [2.75, 3.05) is 7.05 Å². The fourth-order valence-corrected chi connectivity index (χ4v) is 4.28. The fraction of sp³-hybridized carbons (Fsp3) is 0.833. The van der Waals surface area contributed by atoms with E-state index in [9.17, 15) is 0 Å². The van der Waals surface area contributed by atoms with E-state index in [0.717, 1.165) is 18.3 Å². The van der Waals surface area contributed by atoms with Gasteiger partial charge in [-0.25, -0.2) is 0 Å². The average Bonchev–Trinajstić information content (AvgIpc) is 3.17. The van der Waals surface area contributed by atoms with E-state index in [4.69, 9.17) is 5.10 Å². The smallest absolute Gasteiger partial charge is 0.0640 e. The van der Waals surface area contributed by atoms with Crippen molar-refractivity contribution in [3.8, 4) is 0 Å². The Labute approximate surface area is 129 Å². The summed E-state index contributed by atoms with van der Waals surface area (Å²) in [7, 11) is 2.12. The maximum absolute atomic E-state index is 4.87. The minimum absolute atomic E-state index is 0.601. The largest absolute Gasteiger partial charge is 0.316 e. The zero-order chi connectivity index (χ0) is 14.7. The Morgan fingerprint density at radius 2 is 1.90 bits per heavy atom. The summed E-state index contributed by atoms with van der Waals surface area (Å²) in [6, 6.07) is 3.51. The molecule has 2 aliphatic rings. The lowest BCUT2D eigenvalue weighted by Gasteiger charge is -2.32. The first kappa shape index (κ1) is 15.1. The molecular formula is C18H31N3. The van der Waals surface area contributed by atoms with Gasteiger partial charge in [-0.2, -0.15) is 5.10 Å². The second-order valence-electron chi connectivity index (χ2n) is 7.34. The Morgan fingerprint density at radius 1 is 1.19 bits per heavy atom. The van der Waals surface area contributed by atoms with Crippen molar-refractivity contribution >= 4 is 0 Å². The molecular weight excluding hydrogens is 258 g/mol. The van der Waals surface area contributed by atoms with Crippen molar-refractivity contribution in [1.82, 2.24) is 15.1 Å². The predicted octanol–water partition coefficient (Wildman–Crippen LogP) is 3.96. The lowest BCUT2D eigenvalue weighted by Crippen LogP contribution is -2.37. The minimum atomic E-state index is 0.601. The lowest BCUT2D eigenvalue weighted by molar-refractivity contribution is 0.234. The Kier molecular flexibility index (Phi) is 4.99. The highest BCUT2D eigenvalue weighted by Gasteiger charge is 2.26. The van der Waals surface area contributed by atoms with E-state index in [1.54, 1.807) is 0 Å². The van der Waals surface area contributed by atoms with Gasteiger partial charge in [-0.15, -0.1) is 0 Å². The summed E-state index contributed by atoms with van der Waals surface area (Å²) in [4.78, 5) is 0. The number of hydrogen-bond donors (Lipinski definition) is 1. The minimum Gasteiger partial charge on any atom is -0.316 e. The molecule has 1 unspecified atom stereocenters. The van der Waals surface area contributed by atoms with E-state index in [2.05, 4.69) is 36.2 Å². The van der Waals surface area contributed by atoms with Crippen molar-refractivity contribution < 1.29 is 0 Å². The number of aromatic nitrogens is 2. The molecule has 2 aliphatic carbocycles. The standard InChI is InChI=1S/C18H31N3/c1-14-7-9-15(10-8-14)18(19-2)13-16-11-12-21(20-16)17-5-3-4-6-17/h11-12,14-15,17-19H,3-10,13H2,1-2H3. The third kappa shape index (κ3) is 3.68. The molecule has 0 radical (unpaired) electrons. The SMILES string of the molecule is CNC(Cc1ccn(C2CCCC2)n1)C1CCC(C)CC1. The van der Waals surface area contributed by atoms with E-state index in [1.165, 1.54) is 57.1 Å². The van der Waals surface area contributed by atoms with Crippen molar-refractivity contribution in [3.63, 3.8) is 0 Å². The molecule has 1 N–H and O–H groups in total. The summed E-state index contributed by atoms with van der Waals surface area (Å²) in [5.74, 6) is 1.77. The number of rotatable bonds is 5. The average molecular weight is 289 g/mol. The molecule has 21 heavy (non-hydrogen) atoms. The van der Waals surface area contributed by atoms with Gasteiger partial charge in [0, 0.05) is 18.7 Å². The van der Waals surface area contributed by atoms with Gasteiger partial charge in [0.1, 0.15) is 0 Å². The summed E-state index contributed by atoms with van der Waals surface area (Å²) in [5.41, 5.74) is 1.28. The van der Waals surface area contributed by atoms with Crippen molar-refractivity contribution in [2.45, 2.75) is 76.8 Å². The molecule has 1 heterocycles. The Morgan fingerprint density at radius 3 is 2.57 bits per heavy atom. The molecule has 0 spiro atoms. The summed E-state index contributed by atoms with van der Waals surface area (Å²) in [6.07, 6.45) is 14.3. The van der Waals surface area contributed by atoms with Gasteiger partial charge in [0.2, 0.25) is 0 Å². The quantitative estimate of drug-likeness (QED) is 0.889. The molecule has 2 fully saturated rings. The number of likely N-dealkylation sites (N-methyl/N-ethyl adjacent to an activating group) is 1. The van der Waals surface area contributed by atoms with Gasteiger partial charge in [-0.1, -0.05) is 32.6 Å². The zero-order valence-electron chi connectivity index (χ0n) is 13.7. The molecule has 3 rings (SSSR count). The molecule has 0 saturated heterocycles. The molecule has 0 aliphatic heterocycles. The molecule has 118 valence electrons. The van der Waals surface area contributed by atoms with Gasteiger partial charge in [-0.05, 0) is 50.6 Å². The molecule has 3 nitrogen and oxygen atoms in total. The first-order chi connectivity index (χ1) is 10.3. The van der Waals surface area contributed by atoms with Gasteiger partial charge in [-0.3, -0.25) is 4.68 Å². The van der Waals surface area contributed by atoms with Gasteiger partial charge in [0.25, 0.3) is 0 Å². The number of nitrogens with zero attached hydrogens (tertiary/aromatic N) is 2. The third-order valence-electron chi connectivity index (χ3n) is 5.79. The van der Waals surface area contributed by atoms with Crippen LogP contribution in [0.3, 0.4) is 0 Å². The lowest BCUT2D eigenvalue weighted by atomic mass is 9.78. The molecule has 1 atom stereocenters. The van der Waals surface area contributed by atoms with E-state index in [-0.39, 0.29) is 0 Å². The van der Waals surface area contributed by atoms with Gasteiger partial charge < -0.3 is 5.32 Å². The normalized spacial score (nSPS) is 28.9. The van der Waals surface area contributed by atoms with Crippen molar-refractivity contribution in [3.05, 3.63) is 18.0 Å². The summed E-state index contributed by atoms with van der Waals surface area (Å²) in [5, 5.41) is 8.43. The van der Waals surface area contributed by atoms with E-state index >= 15 is 0 Å². The second kappa shape index (κ2) is 6.95. The van der Waals surface area contributed by atoms with Crippen LogP contribution in [-0.4, -0.2) is 22.9 Å². The van der Waals surface area contributed by atoms with Crippen LogP contribution in [-0.2, 0) is 6.42 Å². The van der Waals surface area contributed by atoms with Crippen LogP contribution in [0.4, 0.5) is 0 Å². The highest BCUT2D eigenvalue weighted by molar-refractivity contribution is 5.03. The predicted molar refractivity (Wildman–Crippen MR) is 87.4 cm³/mol. The summed E-state index contributed by atoms with van der Waals surface area (Å²) < 4.78 is 2.23. The summed E-state index contributed by atoms with van der Waals surface area (Å²) in [6.45, 7) is 2.40. The van der Waals surface area contributed by atoms with Crippen LogP contribution in [0.2, 0.25) is 0 Å². The first-order valence-electron chi connectivity index (χ1n) is 8.97. The maximum Gasteiger partial charge on any atom is 0.0640 e. The molecule has 2 saturated carbocycles. The Hall–Kier alpha value is -0.830. The molecule has 0 amide bonds. The van der Waals surface area contributed by atoms with Crippen molar-refractivity contribution in [2.24, 2.45) is 11.8 Å².